The summed E-state index contributed by atoms with van der Waals surface area (Å²) in [4.78, 5) is 13.6. The van der Waals surface area contributed by atoms with Crippen molar-refractivity contribution in [2.75, 3.05) is 5.75 Å². The maximum Gasteiger partial charge on any atom is 0.316 e. The number of thioether (sulfide) groups is 1. The molecule has 118 valence electrons. The summed E-state index contributed by atoms with van der Waals surface area (Å²) >= 11 is 6.29. The molecule has 0 fully saturated rings. The molecule has 0 spiro atoms. The van der Waals surface area contributed by atoms with Gasteiger partial charge in [0.1, 0.15) is 0 Å². The molecule has 0 amide bonds. The third-order valence-electron chi connectivity index (χ3n) is 2.73. The molecule has 5 nitrogen and oxygen atoms in total. The quantitative estimate of drug-likeness (QED) is 0.443. The van der Waals surface area contributed by atoms with Crippen molar-refractivity contribution >= 4 is 45.0 Å². The predicted octanol–water partition coefficient (Wildman–Crippen LogP) is 4.40. The maximum absolute atomic E-state index is 11.8. The highest BCUT2D eigenvalue weighted by atomic mass is 79.9. The van der Waals surface area contributed by atoms with Crippen molar-refractivity contribution in [3.63, 3.8) is 0 Å². The Morgan fingerprint density at radius 2 is 2.09 bits per heavy atom. The fourth-order valence-corrected chi connectivity index (χ4v) is 3.27. The van der Waals surface area contributed by atoms with Crippen molar-refractivity contribution in [1.29, 1.82) is 0 Å². The summed E-state index contributed by atoms with van der Waals surface area (Å²) in [6.07, 6.45) is 0. The molecular weight excluding hydrogens is 400 g/mol. The first-order valence-electron chi connectivity index (χ1n) is 6.61. The van der Waals surface area contributed by atoms with E-state index in [1.807, 2.05) is 41.8 Å². The molecule has 2 aromatic heterocycles. The van der Waals surface area contributed by atoms with Gasteiger partial charge in [-0.1, -0.05) is 22.0 Å². The summed E-state index contributed by atoms with van der Waals surface area (Å²) < 4.78 is 11.6. The van der Waals surface area contributed by atoms with E-state index >= 15 is 0 Å². The Kier molecular flexibility index (Phi) is 5.47. The van der Waals surface area contributed by atoms with Gasteiger partial charge in [0.05, 0.1) is 10.6 Å². The minimum Gasteiger partial charge on any atom is -0.455 e. The van der Waals surface area contributed by atoms with E-state index < -0.39 is 0 Å². The first-order chi connectivity index (χ1) is 11.2. The van der Waals surface area contributed by atoms with Crippen molar-refractivity contribution in [3.05, 3.63) is 52.1 Å². The van der Waals surface area contributed by atoms with Gasteiger partial charge >= 0.3 is 5.97 Å². The largest absolute Gasteiger partial charge is 0.455 e. The van der Waals surface area contributed by atoms with Crippen molar-refractivity contribution < 1.29 is 13.9 Å². The normalized spacial score (nSPS) is 10.7. The number of thiophene rings is 1. The molecule has 0 atom stereocenters. The van der Waals surface area contributed by atoms with Crippen LogP contribution in [0.3, 0.4) is 0 Å². The molecule has 0 bridgehead atoms. The number of rotatable bonds is 6. The van der Waals surface area contributed by atoms with E-state index in [2.05, 4.69) is 26.1 Å². The Morgan fingerprint density at radius 1 is 1.26 bits per heavy atom. The van der Waals surface area contributed by atoms with E-state index in [4.69, 9.17) is 9.15 Å². The molecule has 0 aliphatic rings. The van der Waals surface area contributed by atoms with Crippen LogP contribution in [-0.4, -0.2) is 21.9 Å². The highest BCUT2D eigenvalue weighted by Gasteiger charge is 2.11. The van der Waals surface area contributed by atoms with E-state index in [-0.39, 0.29) is 24.2 Å². The standard InChI is InChI=1S/C15H11BrN2O3S2/c16-10-3-5-11(6-4-10)23-9-14(19)20-8-13-17-18-15(21-13)12-2-1-7-22-12/h1-7H,8-9H2. The van der Waals surface area contributed by atoms with Crippen LogP contribution in [0, 0.1) is 0 Å². The minimum absolute atomic E-state index is 0.0158. The van der Waals surface area contributed by atoms with Gasteiger partial charge < -0.3 is 9.15 Å². The van der Waals surface area contributed by atoms with E-state index in [1.165, 1.54) is 23.1 Å². The molecule has 23 heavy (non-hydrogen) atoms. The van der Waals surface area contributed by atoms with Crippen LogP contribution in [0.1, 0.15) is 5.89 Å². The second-order valence-corrected chi connectivity index (χ2v) is 7.29. The summed E-state index contributed by atoms with van der Waals surface area (Å²) in [7, 11) is 0. The molecule has 0 saturated heterocycles. The fraction of sp³-hybridized carbons (Fsp3) is 0.133. The molecule has 0 aliphatic heterocycles. The molecule has 3 rings (SSSR count). The molecule has 0 unspecified atom stereocenters. The van der Waals surface area contributed by atoms with Crippen molar-refractivity contribution in [2.45, 2.75) is 11.5 Å². The zero-order valence-electron chi connectivity index (χ0n) is 11.8. The van der Waals surface area contributed by atoms with Crippen LogP contribution >= 0.6 is 39.0 Å². The fourth-order valence-electron chi connectivity index (χ4n) is 1.67. The number of nitrogens with zero attached hydrogens (tertiary/aromatic N) is 2. The number of halogens is 1. The van der Waals surface area contributed by atoms with Crippen molar-refractivity contribution in [1.82, 2.24) is 10.2 Å². The number of carbonyl (C=O) groups is 1. The number of carbonyl (C=O) groups excluding carboxylic acids is 1. The van der Waals surface area contributed by atoms with Crippen LogP contribution in [0.4, 0.5) is 0 Å². The monoisotopic (exact) mass is 410 g/mol. The van der Waals surface area contributed by atoms with Crippen LogP contribution in [0.2, 0.25) is 0 Å². The van der Waals surface area contributed by atoms with Gasteiger partial charge in [-0.05, 0) is 35.7 Å². The van der Waals surface area contributed by atoms with Crippen LogP contribution in [0.15, 0.2) is 55.6 Å². The number of hydrogen-bond donors (Lipinski definition) is 0. The van der Waals surface area contributed by atoms with Crippen molar-refractivity contribution in [3.8, 4) is 10.8 Å². The summed E-state index contributed by atoms with van der Waals surface area (Å²) in [5, 5.41) is 9.73. The lowest BCUT2D eigenvalue weighted by atomic mass is 10.4. The Labute approximate surface area is 149 Å². The first-order valence-corrected chi connectivity index (χ1v) is 9.27. The molecule has 3 aromatic rings. The minimum atomic E-state index is -0.325. The van der Waals surface area contributed by atoms with Crippen LogP contribution in [0.5, 0.6) is 0 Å². The smallest absolute Gasteiger partial charge is 0.316 e. The summed E-state index contributed by atoms with van der Waals surface area (Å²) in [5.74, 6) is 0.632. The van der Waals surface area contributed by atoms with Gasteiger partial charge in [-0.3, -0.25) is 4.79 Å². The molecular formula is C15H11BrN2O3S2. The average Bonchev–Trinajstić information content (AvgIpc) is 3.23. The van der Waals surface area contributed by atoms with Gasteiger partial charge in [-0.2, -0.15) is 0 Å². The summed E-state index contributed by atoms with van der Waals surface area (Å²) in [6, 6.07) is 11.5. The second-order valence-electron chi connectivity index (χ2n) is 4.38. The molecule has 0 N–H and O–H groups in total. The predicted molar refractivity (Wildman–Crippen MR) is 92.3 cm³/mol. The van der Waals surface area contributed by atoms with E-state index in [0.29, 0.717) is 5.89 Å². The van der Waals surface area contributed by atoms with Crippen molar-refractivity contribution in [2.24, 2.45) is 0 Å². The Bertz CT molecular complexity index is 772. The third-order valence-corrected chi connectivity index (χ3v) is 5.10. The number of esters is 1. The van der Waals surface area contributed by atoms with Gasteiger partial charge in [0.15, 0.2) is 6.61 Å². The average molecular weight is 411 g/mol. The lowest BCUT2D eigenvalue weighted by Gasteiger charge is -2.02. The number of hydrogen-bond acceptors (Lipinski definition) is 7. The Morgan fingerprint density at radius 3 is 2.83 bits per heavy atom. The SMILES string of the molecule is O=C(CSc1ccc(Br)cc1)OCc1nnc(-c2cccs2)o1. The Hall–Kier alpha value is -1.64. The number of aromatic nitrogens is 2. The Balaban J connectivity index is 1.46. The lowest BCUT2D eigenvalue weighted by molar-refractivity contribution is -0.142. The van der Waals surface area contributed by atoms with Gasteiger partial charge in [0.25, 0.3) is 11.8 Å². The number of benzene rings is 1. The van der Waals surface area contributed by atoms with Gasteiger partial charge in [0.2, 0.25) is 0 Å². The molecule has 8 heteroatoms. The summed E-state index contributed by atoms with van der Waals surface area (Å²) in [5.41, 5.74) is 0. The van der Waals surface area contributed by atoms with Gasteiger partial charge in [-0.15, -0.1) is 33.3 Å². The molecule has 0 radical (unpaired) electrons. The van der Waals surface area contributed by atoms with Gasteiger partial charge in [-0.25, -0.2) is 0 Å². The number of ether oxygens (including phenoxy) is 1. The van der Waals surface area contributed by atoms with E-state index in [1.54, 1.807) is 0 Å². The van der Waals surface area contributed by atoms with E-state index in [9.17, 15) is 4.79 Å². The van der Waals surface area contributed by atoms with Crippen LogP contribution in [0.25, 0.3) is 10.8 Å². The molecule has 0 saturated carbocycles. The van der Waals surface area contributed by atoms with E-state index in [0.717, 1.165) is 14.2 Å². The van der Waals surface area contributed by atoms with Crippen LogP contribution in [-0.2, 0) is 16.1 Å². The molecule has 0 aliphatic carbocycles. The topological polar surface area (TPSA) is 65.2 Å². The van der Waals surface area contributed by atoms with Gasteiger partial charge in [0, 0.05) is 9.37 Å². The van der Waals surface area contributed by atoms with Crippen LogP contribution < -0.4 is 0 Å². The zero-order chi connectivity index (χ0) is 16.1. The second kappa shape index (κ2) is 7.76. The summed E-state index contributed by atoms with van der Waals surface area (Å²) in [6.45, 7) is -0.0158. The highest BCUT2D eigenvalue weighted by Crippen LogP contribution is 2.23. The lowest BCUT2D eigenvalue weighted by Crippen LogP contribution is -2.07. The first kappa shape index (κ1) is 16.2. The molecule has 2 heterocycles. The zero-order valence-corrected chi connectivity index (χ0v) is 15.0. The maximum atomic E-state index is 11.8. The third kappa shape index (κ3) is 4.66. The highest BCUT2D eigenvalue weighted by molar-refractivity contribution is 9.10. The molecule has 1 aromatic carbocycles.